The molecule has 1 amide bonds. The van der Waals surface area contributed by atoms with Crippen molar-refractivity contribution in [2.45, 2.75) is 25.3 Å². The number of amides is 1. The van der Waals surface area contributed by atoms with E-state index in [0.29, 0.717) is 18.2 Å². The molecule has 0 radical (unpaired) electrons. The lowest BCUT2D eigenvalue weighted by Crippen LogP contribution is -2.41. The molecule has 0 bridgehead atoms. The first kappa shape index (κ1) is 15.1. The average molecular weight is 297 g/mol. The Hall–Kier alpha value is -1.26. The maximum atomic E-state index is 12.2. The van der Waals surface area contributed by atoms with E-state index >= 15 is 0 Å². The Bertz CT molecular complexity index is 450. The first-order valence-corrected chi connectivity index (χ1v) is 7.34. The van der Waals surface area contributed by atoms with Gasteiger partial charge in [0.1, 0.15) is 12.4 Å². The molecular formula is C15H21ClN2O2. The van der Waals surface area contributed by atoms with Crippen molar-refractivity contribution in [3.8, 4) is 5.75 Å². The number of rotatable bonds is 5. The van der Waals surface area contributed by atoms with Gasteiger partial charge in [-0.15, -0.1) is 0 Å². The molecule has 2 atom stereocenters. The van der Waals surface area contributed by atoms with Gasteiger partial charge in [-0.05, 0) is 37.1 Å². The summed E-state index contributed by atoms with van der Waals surface area (Å²) in [7, 11) is 1.80. The van der Waals surface area contributed by atoms with Crippen LogP contribution in [0.4, 0.5) is 0 Å². The molecule has 1 aromatic rings. The van der Waals surface area contributed by atoms with Gasteiger partial charge in [-0.3, -0.25) is 4.79 Å². The molecule has 0 aromatic heterocycles. The van der Waals surface area contributed by atoms with Gasteiger partial charge in [0.2, 0.25) is 5.91 Å². The van der Waals surface area contributed by atoms with E-state index in [2.05, 4.69) is 0 Å². The van der Waals surface area contributed by atoms with Crippen molar-refractivity contribution in [3.63, 3.8) is 0 Å². The van der Waals surface area contributed by atoms with Crippen LogP contribution in [0.25, 0.3) is 0 Å². The highest BCUT2D eigenvalue weighted by molar-refractivity contribution is 6.30. The molecule has 2 unspecified atom stereocenters. The smallest absolute Gasteiger partial charge is 0.227 e. The fraction of sp³-hybridized carbons (Fsp3) is 0.533. The van der Waals surface area contributed by atoms with Gasteiger partial charge in [0.15, 0.2) is 0 Å². The van der Waals surface area contributed by atoms with Crippen molar-refractivity contribution in [2.24, 2.45) is 11.7 Å². The summed E-state index contributed by atoms with van der Waals surface area (Å²) in [6, 6.07) is 7.21. The second-order valence-corrected chi connectivity index (χ2v) is 5.70. The number of ether oxygens (including phenoxy) is 1. The summed E-state index contributed by atoms with van der Waals surface area (Å²) in [5.74, 6) is 0.873. The Balaban J connectivity index is 1.75. The van der Waals surface area contributed by atoms with E-state index in [1.54, 1.807) is 24.1 Å². The van der Waals surface area contributed by atoms with E-state index in [1.165, 1.54) is 0 Å². The molecule has 1 aliphatic rings. The van der Waals surface area contributed by atoms with Crippen molar-refractivity contribution >= 4 is 17.5 Å². The van der Waals surface area contributed by atoms with E-state index in [9.17, 15) is 4.79 Å². The Kier molecular flexibility index (Phi) is 5.26. The zero-order chi connectivity index (χ0) is 14.5. The predicted molar refractivity (Wildman–Crippen MR) is 79.9 cm³/mol. The second kappa shape index (κ2) is 6.95. The van der Waals surface area contributed by atoms with Gasteiger partial charge in [-0.2, -0.15) is 0 Å². The molecule has 0 saturated heterocycles. The number of carbonyl (C=O) groups excluding carboxylic acids is 1. The number of hydrogen-bond acceptors (Lipinski definition) is 3. The number of carbonyl (C=O) groups is 1. The van der Waals surface area contributed by atoms with Gasteiger partial charge in [0, 0.05) is 18.1 Å². The van der Waals surface area contributed by atoms with E-state index in [4.69, 9.17) is 22.1 Å². The van der Waals surface area contributed by atoms with Gasteiger partial charge < -0.3 is 15.4 Å². The summed E-state index contributed by atoms with van der Waals surface area (Å²) in [6.45, 7) is 1.02. The molecule has 4 nitrogen and oxygen atoms in total. The topological polar surface area (TPSA) is 55.6 Å². The highest BCUT2D eigenvalue weighted by Crippen LogP contribution is 2.25. The lowest BCUT2D eigenvalue weighted by Gasteiger charge is -2.23. The minimum Gasteiger partial charge on any atom is -0.492 e. The van der Waals surface area contributed by atoms with Gasteiger partial charge in [0.05, 0.1) is 12.5 Å². The van der Waals surface area contributed by atoms with E-state index in [-0.39, 0.29) is 17.9 Å². The monoisotopic (exact) mass is 296 g/mol. The summed E-state index contributed by atoms with van der Waals surface area (Å²) in [4.78, 5) is 13.9. The largest absolute Gasteiger partial charge is 0.492 e. The Labute approximate surface area is 124 Å². The molecule has 5 heteroatoms. The Morgan fingerprint density at radius 2 is 2.10 bits per heavy atom. The maximum Gasteiger partial charge on any atom is 0.227 e. The summed E-state index contributed by atoms with van der Waals surface area (Å²) in [5, 5.41) is 0.680. The molecule has 20 heavy (non-hydrogen) atoms. The van der Waals surface area contributed by atoms with Crippen LogP contribution >= 0.6 is 11.6 Å². The second-order valence-electron chi connectivity index (χ2n) is 5.26. The number of halogens is 1. The predicted octanol–water partition coefficient (Wildman–Crippen LogP) is 2.30. The fourth-order valence-electron chi connectivity index (χ4n) is 2.52. The van der Waals surface area contributed by atoms with Crippen molar-refractivity contribution < 1.29 is 9.53 Å². The van der Waals surface area contributed by atoms with Gasteiger partial charge in [-0.25, -0.2) is 0 Å². The molecule has 0 aliphatic heterocycles. The zero-order valence-electron chi connectivity index (χ0n) is 11.7. The minimum absolute atomic E-state index is 0.0159. The van der Waals surface area contributed by atoms with Crippen molar-refractivity contribution in [3.05, 3.63) is 29.3 Å². The Morgan fingerprint density at radius 3 is 2.70 bits per heavy atom. The zero-order valence-corrected chi connectivity index (χ0v) is 12.5. The lowest BCUT2D eigenvalue weighted by molar-refractivity contribution is -0.134. The van der Waals surface area contributed by atoms with Crippen molar-refractivity contribution in [2.75, 3.05) is 20.2 Å². The fourth-order valence-corrected chi connectivity index (χ4v) is 2.65. The Morgan fingerprint density at radius 1 is 1.40 bits per heavy atom. The minimum atomic E-state index is -0.0180. The van der Waals surface area contributed by atoms with Crippen LogP contribution in [0.2, 0.25) is 5.02 Å². The van der Waals surface area contributed by atoms with E-state index in [1.807, 2.05) is 12.1 Å². The highest BCUT2D eigenvalue weighted by atomic mass is 35.5. The number of benzene rings is 1. The molecule has 1 aromatic carbocycles. The molecule has 0 spiro atoms. The maximum absolute atomic E-state index is 12.2. The van der Waals surface area contributed by atoms with Crippen LogP contribution in [0.1, 0.15) is 19.3 Å². The summed E-state index contributed by atoms with van der Waals surface area (Å²) >= 11 is 5.80. The third-order valence-corrected chi connectivity index (χ3v) is 4.02. The standard InChI is InChI=1S/C15H21ClN2O2/c1-18(15(19)13-3-2-4-14(13)17)9-10-20-12-7-5-11(16)6-8-12/h5-8,13-14H,2-4,9-10,17H2,1H3. The number of hydrogen-bond donors (Lipinski definition) is 1. The van der Waals surface area contributed by atoms with Gasteiger partial charge in [0.25, 0.3) is 0 Å². The number of nitrogens with zero attached hydrogens (tertiary/aromatic N) is 1. The van der Waals surface area contributed by atoms with E-state index < -0.39 is 0 Å². The first-order chi connectivity index (χ1) is 9.58. The first-order valence-electron chi connectivity index (χ1n) is 6.97. The summed E-state index contributed by atoms with van der Waals surface area (Å²) in [6.07, 6.45) is 2.90. The van der Waals surface area contributed by atoms with Crippen LogP contribution in [0, 0.1) is 5.92 Å². The third-order valence-electron chi connectivity index (χ3n) is 3.77. The SMILES string of the molecule is CN(CCOc1ccc(Cl)cc1)C(=O)C1CCCC1N. The van der Waals surface area contributed by atoms with E-state index in [0.717, 1.165) is 25.0 Å². The normalized spacial score (nSPS) is 21.8. The number of likely N-dealkylation sites (N-methyl/N-ethyl adjacent to an activating group) is 1. The molecule has 2 N–H and O–H groups in total. The summed E-state index contributed by atoms with van der Waals surface area (Å²) < 4.78 is 5.59. The summed E-state index contributed by atoms with van der Waals surface area (Å²) in [5.41, 5.74) is 5.96. The lowest BCUT2D eigenvalue weighted by atomic mass is 10.0. The third kappa shape index (κ3) is 3.87. The van der Waals surface area contributed by atoms with Crippen LogP contribution in [0.15, 0.2) is 24.3 Å². The van der Waals surface area contributed by atoms with Crippen LogP contribution in [-0.2, 0) is 4.79 Å². The van der Waals surface area contributed by atoms with Crippen molar-refractivity contribution in [1.82, 2.24) is 4.90 Å². The molecule has 1 fully saturated rings. The molecule has 1 aliphatic carbocycles. The van der Waals surface area contributed by atoms with Crippen molar-refractivity contribution in [1.29, 1.82) is 0 Å². The van der Waals surface area contributed by atoms with Crippen LogP contribution in [0.5, 0.6) is 5.75 Å². The van der Waals surface area contributed by atoms with Gasteiger partial charge >= 0.3 is 0 Å². The van der Waals surface area contributed by atoms with Crippen LogP contribution in [-0.4, -0.2) is 37.0 Å². The quantitative estimate of drug-likeness (QED) is 0.907. The molecule has 1 saturated carbocycles. The van der Waals surface area contributed by atoms with Crippen LogP contribution < -0.4 is 10.5 Å². The van der Waals surface area contributed by atoms with Gasteiger partial charge in [-0.1, -0.05) is 18.0 Å². The number of nitrogens with two attached hydrogens (primary N) is 1. The average Bonchev–Trinajstić information content (AvgIpc) is 2.86. The highest BCUT2D eigenvalue weighted by Gasteiger charge is 2.31. The van der Waals surface area contributed by atoms with Crippen LogP contribution in [0.3, 0.4) is 0 Å². The molecule has 2 rings (SSSR count). The molecule has 0 heterocycles. The molecular weight excluding hydrogens is 276 g/mol. The molecule has 110 valence electrons.